The van der Waals surface area contributed by atoms with Gasteiger partial charge in [0.1, 0.15) is 0 Å². The van der Waals surface area contributed by atoms with E-state index in [0.717, 1.165) is 64.1 Å². The van der Waals surface area contributed by atoms with Crippen LogP contribution < -0.4 is 0 Å². The Morgan fingerprint density at radius 3 is 2.48 bits per heavy atom. The molecule has 0 bridgehead atoms. The molecule has 1 aromatic carbocycles. The highest BCUT2D eigenvalue weighted by Gasteiger charge is 2.27. The molecular formula is C19H27N3O. The molecule has 1 aromatic rings. The van der Waals surface area contributed by atoms with Crippen LogP contribution >= 0.6 is 0 Å². The quantitative estimate of drug-likeness (QED) is 0.529. The van der Waals surface area contributed by atoms with E-state index in [0.29, 0.717) is 6.04 Å². The first-order valence-electron chi connectivity index (χ1n) is 8.73. The fourth-order valence-corrected chi connectivity index (χ4v) is 3.64. The van der Waals surface area contributed by atoms with Crippen molar-refractivity contribution in [2.75, 3.05) is 26.2 Å². The minimum Gasteiger partial charge on any atom is -0.411 e. The van der Waals surface area contributed by atoms with Crippen molar-refractivity contribution < 1.29 is 5.21 Å². The maximum Gasteiger partial charge on any atom is 0.0745 e. The lowest BCUT2D eigenvalue weighted by Gasteiger charge is -2.39. The number of piperazine rings is 1. The predicted octanol–water partition coefficient (Wildman–Crippen LogP) is 3.13. The van der Waals surface area contributed by atoms with E-state index in [9.17, 15) is 5.21 Å². The van der Waals surface area contributed by atoms with E-state index in [2.05, 4.69) is 57.4 Å². The number of allylic oxidation sites excluding steroid dienone is 2. The molecule has 1 saturated heterocycles. The molecule has 4 nitrogen and oxygen atoms in total. The molecule has 1 N–H and O–H groups in total. The lowest BCUT2D eigenvalue weighted by molar-refractivity contribution is 0.108. The zero-order valence-electron chi connectivity index (χ0n) is 13.8. The fraction of sp³-hybridized carbons (Fsp3) is 0.526. The number of nitrogens with zero attached hydrogens (tertiary/aromatic N) is 3. The average molecular weight is 313 g/mol. The van der Waals surface area contributed by atoms with Gasteiger partial charge in [-0.05, 0) is 31.2 Å². The topological polar surface area (TPSA) is 39.1 Å². The molecule has 4 heteroatoms. The number of hydrogen-bond donors (Lipinski definition) is 1. The zero-order chi connectivity index (χ0) is 15.9. The molecule has 1 fully saturated rings. The summed E-state index contributed by atoms with van der Waals surface area (Å²) in [5.41, 5.74) is 2.35. The molecule has 1 heterocycles. The second-order valence-corrected chi connectivity index (χ2v) is 6.49. The van der Waals surface area contributed by atoms with Crippen LogP contribution in [0.3, 0.4) is 0 Å². The minimum atomic E-state index is 0.309. The SMILES string of the molecule is O/N=C1/CCC=CCC[C@H]1N1CCN(Cc2ccccc2)CC1. The number of rotatable bonds is 3. The van der Waals surface area contributed by atoms with Gasteiger partial charge in [-0.15, -0.1) is 0 Å². The molecule has 23 heavy (non-hydrogen) atoms. The van der Waals surface area contributed by atoms with E-state index >= 15 is 0 Å². The van der Waals surface area contributed by atoms with Crippen molar-refractivity contribution in [3.63, 3.8) is 0 Å². The first-order valence-corrected chi connectivity index (χ1v) is 8.73. The maximum absolute atomic E-state index is 9.38. The van der Waals surface area contributed by atoms with Crippen molar-refractivity contribution in [1.29, 1.82) is 0 Å². The summed E-state index contributed by atoms with van der Waals surface area (Å²) in [5.74, 6) is 0. The third-order valence-corrected chi connectivity index (χ3v) is 4.95. The van der Waals surface area contributed by atoms with Crippen molar-refractivity contribution >= 4 is 5.71 Å². The van der Waals surface area contributed by atoms with E-state index in [4.69, 9.17) is 0 Å². The Labute approximate surface area is 139 Å². The highest BCUT2D eigenvalue weighted by atomic mass is 16.4. The molecule has 1 aliphatic carbocycles. The normalized spacial score (nSPS) is 26.1. The lowest BCUT2D eigenvalue weighted by Crippen LogP contribution is -2.52. The number of oxime groups is 1. The largest absolute Gasteiger partial charge is 0.411 e. The van der Waals surface area contributed by atoms with E-state index in [1.165, 1.54) is 5.56 Å². The summed E-state index contributed by atoms with van der Waals surface area (Å²) < 4.78 is 0. The Morgan fingerprint density at radius 1 is 1.00 bits per heavy atom. The van der Waals surface area contributed by atoms with Crippen LogP contribution in [0.25, 0.3) is 0 Å². The summed E-state index contributed by atoms with van der Waals surface area (Å²) in [6.45, 7) is 5.31. The van der Waals surface area contributed by atoms with Crippen LogP contribution in [0.5, 0.6) is 0 Å². The summed E-state index contributed by atoms with van der Waals surface area (Å²) in [4.78, 5) is 5.03. The van der Waals surface area contributed by atoms with E-state index in [1.54, 1.807) is 0 Å². The monoisotopic (exact) mass is 313 g/mol. The van der Waals surface area contributed by atoms with Crippen molar-refractivity contribution in [1.82, 2.24) is 9.80 Å². The van der Waals surface area contributed by atoms with Crippen LogP contribution in [0.15, 0.2) is 47.6 Å². The van der Waals surface area contributed by atoms with Crippen molar-refractivity contribution in [3.05, 3.63) is 48.0 Å². The van der Waals surface area contributed by atoms with Gasteiger partial charge in [0.25, 0.3) is 0 Å². The van der Waals surface area contributed by atoms with Gasteiger partial charge in [-0.25, -0.2) is 0 Å². The molecule has 1 aliphatic heterocycles. The molecule has 3 rings (SSSR count). The van der Waals surface area contributed by atoms with Crippen LogP contribution in [0.4, 0.5) is 0 Å². The maximum atomic E-state index is 9.38. The Morgan fingerprint density at radius 2 is 1.74 bits per heavy atom. The molecule has 0 spiro atoms. The van der Waals surface area contributed by atoms with Gasteiger partial charge in [-0.3, -0.25) is 9.80 Å². The second-order valence-electron chi connectivity index (χ2n) is 6.49. The lowest BCUT2D eigenvalue weighted by atomic mass is 9.96. The van der Waals surface area contributed by atoms with Gasteiger partial charge < -0.3 is 5.21 Å². The molecule has 0 radical (unpaired) electrons. The Kier molecular flexibility index (Phi) is 5.83. The summed E-state index contributed by atoms with van der Waals surface area (Å²) in [7, 11) is 0. The Bertz CT molecular complexity index is 533. The zero-order valence-corrected chi connectivity index (χ0v) is 13.8. The van der Waals surface area contributed by atoms with Gasteiger partial charge in [0, 0.05) is 32.7 Å². The first-order chi connectivity index (χ1) is 11.4. The van der Waals surface area contributed by atoms with Crippen molar-refractivity contribution in [2.24, 2.45) is 5.16 Å². The molecular weight excluding hydrogens is 286 g/mol. The van der Waals surface area contributed by atoms with E-state index in [1.807, 2.05) is 0 Å². The third kappa shape index (κ3) is 4.43. The van der Waals surface area contributed by atoms with Gasteiger partial charge in [0.2, 0.25) is 0 Å². The van der Waals surface area contributed by atoms with Crippen LogP contribution in [0.1, 0.15) is 31.2 Å². The molecule has 124 valence electrons. The molecule has 0 unspecified atom stereocenters. The summed E-state index contributed by atoms with van der Waals surface area (Å²) in [6, 6.07) is 11.0. The van der Waals surface area contributed by atoms with Crippen LogP contribution in [-0.2, 0) is 6.54 Å². The Balaban J connectivity index is 1.56. The number of hydrogen-bond acceptors (Lipinski definition) is 4. The first kappa shape index (κ1) is 16.2. The van der Waals surface area contributed by atoms with Crippen LogP contribution in [-0.4, -0.2) is 52.9 Å². The van der Waals surface area contributed by atoms with E-state index < -0.39 is 0 Å². The standard InChI is InChI=1S/C19H27N3O/c23-20-18-10-6-1-2-7-11-19(18)22-14-12-21(13-15-22)16-17-8-4-3-5-9-17/h1-5,8-9,19,23H,6-7,10-16H2/b2-1?,20-18-/t19-/m1/s1. The van der Waals surface area contributed by atoms with Gasteiger partial charge in [-0.2, -0.15) is 0 Å². The molecule has 2 aliphatic rings. The number of benzene rings is 1. The predicted molar refractivity (Wildman–Crippen MR) is 93.9 cm³/mol. The Hall–Kier alpha value is -1.65. The van der Waals surface area contributed by atoms with Crippen LogP contribution in [0.2, 0.25) is 0 Å². The van der Waals surface area contributed by atoms with Crippen molar-refractivity contribution in [2.45, 2.75) is 38.3 Å². The molecule has 0 amide bonds. The highest BCUT2D eigenvalue weighted by Crippen LogP contribution is 2.19. The van der Waals surface area contributed by atoms with E-state index in [-0.39, 0.29) is 0 Å². The summed E-state index contributed by atoms with van der Waals surface area (Å²) in [5, 5.41) is 13.0. The minimum absolute atomic E-state index is 0.309. The van der Waals surface area contributed by atoms with Crippen molar-refractivity contribution in [3.8, 4) is 0 Å². The molecule has 0 saturated carbocycles. The second kappa shape index (κ2) is 8.27. The highest BCUT2D eigenvalue weighted by molar-refractivity contribution is 5.89. The molecule has 1 atom stereocenters. The van der Waals surface area contributed by atoms with Gasteiger partial charge >= 0.3 is 0 Å². The fourth-order valence-electron chi connectivity index (χ4n) is 3.64. The smallest absolute Gasteiger partial charge is 0.0745 e. The third-order valence-electron chi connectivity index (χ3n) is 4.95. The summed E-state index contributed by atoms with van der Waals surface area (Å²) >= 11 is 0. The van der Waals surface area contributed by atoms with Crippen LogP contribution in [0, 0.1) is 0 Å². The summed E-state index contributed by atoms with van der Waals surface area (Å²) in [6.07, 6.45) is 8.49. The van der Waals surface area contributed by atoms with Gasteiger partial charge in [0.15, 0.2) is 0 Å². The molecule has 0 aromatic heterocycles. The van der Waals surface area contributed by atoms with Gasteiger partial charge in [0.05, 0.1) is 11.8 Å². The van der Waals surface area contributed by atoms with Gasteiger partial charge in [-0.1, -0.05) is 47.6 Å². The average Bonchev–Trinajstić information content (AvgIpc) is 2.57.